The highest BCUT2D eigenvalue weighted by Gasteiger charge is 2.07. The topological polar surface area (TPSA) is 38.5 Å². The molecule has 0 rings (SSSR count). The van der Waals surface area contributed by atoms with Gasteiger partial charge in [-0.05, 0) is 45.7 Å². The first-order valence-electron chi connectivity index (χ1n) is 6.59. The predicted molar refractivity (Wildman–Crippen MR) is 70.7 cm³/mol. The van der Waals surface area contributed by atoms with Gasteiger partial charge in [0.1, 0.15) is 0 Å². The fourth-order valence-corrected chi connectivity index (χ4v) is 1.53. The quantitative estimate of drug-likeness (QED) is 0.584. The van der Waals surface area contributed by atoms with Gasteiger partial charge in [-0.15, -0.1) is 0 Å². The molecule has 0 aromatic heterocycles. The van der Waals surface area contributed by atoms with E-state index >= 15 is 0 Å². The van der Waals surface area contributed by atoms with Crippen LogP contribution in [-0.2, 0) is 4.74 Å². The molecule has 0 radical (unpaired) electrons. The van der Waals surface area contributed by atoms with Crippen molar-refractivity contribution in [2.75, 3.05) is 32.8 Å². The maximum Gasteiger partial charge on any atom is 0.0593 e. The van der Waals surface area contributed by atoms with Crippen LogP contribution in [0.25, 0.3) is 0 Å². The number of hydrogen-bond acceptors (Lipinski definition) is 3. The summed E-state index contributed by atoms with van der Waals surface area (Å²) in [5, 5.41) is 0. The van der Waals surface area contributed by atoms with E-state index in [0.29, 0.717) is 6.04 Å². The van der Waals surface area contributed by atoms with Crippen LogP contribution in [0.1, 0.15) is 40.5 Å². The average Bonchev–Trinajstić information content (AvgIpc) is 2.21. The van der Waals surface area contributed by atoms with E-state index in [1.54, 1.807) is 0 Å². The van der Waals surface area contributed by atoms with Gasteiger partial charge in [0.25, 0.3) is 0 Å². The third-order valence-electron chi connectivity index (χ3n) is 2.74. The van der Waals surface area contributed by atoms with Gasteiger partial charge in [0, 0.05) is 19.2 Å². The fourth-order valence-electron chi connectivity index (χ4n) is 1.53. The number of hydrogen-bond donors (Lipinski definition) is 1. The Balaban J connectivity index is 3.52. The first-order valence-corrected chi connectivity index (χ1v) is 6.59. The van der Waals surface area contributed by atoms with E-state index in [0.717, 1.165) is 51.6 Å². The molecule has 0 amide bonds. The molecule has 0 aromatic carbocycles. The van der Waals surface area contributed by atoms with Crippen molar-refractivity contribution < 1.29 is 4.74 Å². The van der Waals surface area contributed by atoms with E-state index in [-0.39, 0.29) is 0 Å². The van der Waals surface area contributed by atoms with Gasteiger partial charge >= 0.3 is 0 Å². The molecule has 0 bridgehead atoms. The molecule has 0 fully saturated rings. The summed E-state index contributed by atoms with van der Waals surface area (Å²) in [7, 11) is 0. The van der Waals surface area contributed by atoms with Crippen molar-refractivity contribution in [3.05, 3.63) is 0 Å². The summed E-state index contributed by atoms with van der Waals surface area (Å²) in [6, 6.07) is 0.584. The highest BCUT2D eigenvalue weighted by atomic mass is 16.5. The summed E-state index contributed by atoms with van der Waals surface area (Å²) in [6.45, 7) is 13.5. The summed E-state index contributed by atoms with van der Waals surface area (Å²) in [5.41, 5.74) is 5.53. The lowest BCUT2D eigenvalue weighted by Gasteiger charge is -2.26. The second-order valence-corrected chi connectivity index (χ2v) is 5.07. The van der Waals surface area contributed by atoms with Crippen LogP contribution in [0.4, 0.5) is 0 Å². The van der Waals surface area contributed by atoms with Crippen LogP contribution >= 0.6 is 0 Å². The van der Waals surface area contributed by atoms with Crippen LogP contribution in [0, 0.1) is 5.92 Å². The van der Waals surface area contributed by atoms with Gasteiger partial charge in [0.05, 0.1) is 6.61 Å². The largest absolute Gasteiger partial charge is 0.380 e. The second-order valence-electron chi connectivity index (χ2n) is 5.07. The first-order chi connectivity index (χ1) is 7.57. The third-order valence-corrected chi connectivity index (χ3v) is 2.74. The SMILES string of the molecule is CC(C)CCOCCN(CCCN)C(C)C. The van der Waals surface area contributed by atoms with Crippen molar-refractivity contribution in [1.29, 1.82) is 0 Å². The molecule has 0 saturated carbocycles. The van der Waals surface area contributed by atoms with Crippen LogP contribution in [0.2, 0.25) is 0 Å². The molecule has 0 saturated heterocycles. The van der Waals surface area contributed by atoms with Gasteiger partial charge in [0.2, 0.25) is 0 Å². The Kier molecular flexibility index (Phi) is 9.99. The Morgan fingerprint density at radius 3 is 2.25 bits per heavy atom. The van der Waals surface area contributed by atoms with Gasteiger partial charge in [-0.2, -0.15) is 0 Å². The van der Waals surface area contributed by atoms with E-state index < -0.39 is 0 Å². The molecule has 3 heteroatoms. The Hall–Kier alpha value is -0.120. The van der Waals surface area contributed by atoms with E-state index in [4.69, 9.17) is 10.5 Å². The van der Waals surface area contributed by atoms with Crippen molar-refractivity contribution in [3.63, 3.8) is 0 Å². The fraction of sp³-hybridized carbons (Fsp3) is 1.00. The third kappa shape index (κ3) is 9.13. The van der Waals surface area contributed by atoms with Gasteiger partial charge in [0.15, 0.2) is 0 Å². The first kappa shape index (κ1) is 15.9. The van der Waals surface area contributed by atoms with Crippen LogP contribution in [0.3, 0.4) is 0 Å². The Morgan fingerprint density at radius 1 is 1.06 bits per heavy atom. The molecule has 0 atom stereocenters. The molecule has 0 heterocycles. The van der Waals surface area contributed by atoms with E-state index in [1.165, 1.54) is 0 Å². The Bertz CT molecular complexity index is 149. The average molecular weight is 230 g/mol. The van der Waals surface area contributed by atoms with Crippen molar-refractivity contribution >= 4 is 0 Å². The van der Waals surface area contributed by atoms with Gasteiger partial charge in [-0.3, -0.25) is 4.90 Å². The molecule has 0 aromatic rings. The molecule has 2 N–H and O–H groups in total. The van der Waals surface area contributed by atoms with Crippen molar-refractivity contribution in [1.82, 2.24) is 4.90 Å². The van der Waals surface area contributed by atoms with E-state index in [2.05, 4.69) is 32.6 Å². The standard InChI is InChI=1S/C13H30N2O/c1-12(2)6-10-16-11-9-15(13(3)4)8-5-7-14/h12-13H,5-11,14H2,1-4H3. The van der Waals surface area contributed by atoms with E-state index in [1.807, 2.05) is 0 Å². The molecule has 0 spiro atoms. The van der Waals surface area contributed by atoms with Gasteiger partial charge in [-0.25, -0.2) is 0 Å². The molecule has 0 unspecified atom stereocenters. The lowest BCUT2D eigenvalue weighted by atomic mass is 10.1. The molecule has 16 heavy (non-hydrogen) atoms. The summed E-state index contributed by atoms with van der Waals surface area (Å²) < 4.78 is 5.63. The second kappa shape index (κ2) is 10.1. The molecule has 0 aliphatic rings. The van der Waals surface area contributed by atoms with Crippen molar-refractivity contribution in [2.45, 2.75) is 46.6 Å². The molecule has 98 valence electrons. The molecule has 3 nitrogen and oxygen atoms in total. The van der Waals surface area contributed by atoms with Gasteiger partial charge < -0.3 is 10.5 Å². The number of rotatable bonds is 10. The maximum absolute atomic E-state index is 5.63. The monoisotopic (exact) mass is 230 g/mol. The van der Waals surface area contributed by atoms with Gasteiger partial charge in [-0.1, -0.05) is 13.8 Å². The smallest absolute Gasteiger partial charge is 0.0593 e. The van der Waals surface area contributed by atoms with Crippen LogP contribution in [0.15, 0.2) is 0 Å². The Labute approximate surface area is 101 Å². The normalized spacial score (nSPS) is 12.0. The lowest BCUT2D eigenvalue weighted by Crippen LogP contribution is -2.35. The molecular weight excluding hydrogens is 200 g/mol. The highest BCUT2D eigenvalue weighted by Crippen LogP contribution is 2.01. The zero-order valence-electron chi connectivity index (χ0n) is 11.5. The summed E-state index contributed by atoms with van der Waals surface area (Å²) in [4.78, 5) is 2.43. The lowest BCUT2D eigenvalue weighted by molar-refractivity contribution is 0.0859. The van der Waals surface area contributed by atoms with Crippen molar-refractivity contribution in [2.24, 2.45) is 11.7 Å². The minimum absolute atomic E-state index is 0.584. The highest BCUT2D eigenvalue weighted by molar-refractivity contribution is 4.62. The minimum Gasteiger partial charge on any atom is -0.380 e. The van der Waals surface area contributed by atoms with Crippen molar-refractivity contribution in [3.8, 4) is 0 Å². The predicted octanol–water partition coefficient (Wildman–Crippen LogP) is 2.11. The summed E-state index contributed by atoms with van der Waals surface area (Å²) in [5.74, 6) is 0.735. The van der Waals surface area contributed by atoms with Crippen LogP contribution in [0.5, 0.6) is 0 Å². The minimum atomic E-state index is 0.584. The number of nitrogens with zero attached hydrogens (tertiary/aromatic N) is 1. The molecule has 0 aliphatic heterocycles. The number of ether oxygens (including phenoxy) is 1. The summed E-state index contributed by atoms with van der Waals surface area (Å²) >= 11 is 0. The number of nitrogens with two attached hydrogens (primary N) is 1. The zero-order valence-corrected chi connectivity index (χ0v) is 11.5. The zero-order chi connectivity index (χ0) is 12.4. The van der Waals surface area contributed by atoms with Crippen LogP contribution < -0.4 is 5.73 Å². The summed E-state index contributed by atoms with van der Waals surface area (Å²) in [6.07, 6.45) is 2.23. The maximum atomic E-state index is 5.63. The van der Waals surface area contributed by atoms with E-state index in [9.17, 15) is 0 Å². The molecule has 0 aliphatic carbocycles. The molecular formula is C13H30N2O. The van der Waals surface area contributed by atoms with Crippen LogP contribution in [-0.4, -0.2) is 43.8 Å². The Morgan fingerprint density at radius 2 is 1.75 bits per heavy atom.